The molecule has 5 atom stereocenters. The predicted molar refractivity (Wildman–Crippen MR) is 119 cm³/mol. The summed E-state index contributed by atoms with van der Waals surface area (Å²) in [5, 5.41) is 26.4. The number of rotatable bonds is 14. The van der Waals surface area contributed by atoms with Crippen molar-refractivity contribution in [3.63, 3.8) is 0 Å². The average Bonchev–Trinajstić information content (AvgIpc) is 2.66. The molecule has 10 nitrogen and oxygen atoms in total. The molecule has 0 aromatic carbocycles. The lowest BCUT2D eigenvalue weighted by atomic mass is 10.0. The molecule has 0 rings (SSSR count). The number of carboxylic acids is 1. The van der Waals surface area contributed by atoms with E-state index in [9.17, 15) is 29.4 Å². The molecule has 3 amide bonds. The van der Waals surface area contributed by atoms with Gasteiger partial charge >= 0.3 is 5.97 Å². The summed E-state index contributed by atoms with van der Waals surface area (Å²) in [6.45, 7) is 4.90. The monoisotopic (exact) mass is 466 g/mol. The number of aliphatic carboxylic acids is 1. The van der Waals surface area contributed by atoms with E-state index in [1.807, 2.05) is 6.26 Å². The summed E-state index contributed by atoms with van der Waals surface area (Å²) in [4.78, 5) is 48.5. The minimum Gasteiger partial charge on any atom is -0.480 e. The maximum absolute atomic E-state index is 12.5. The van der Waals surface area contributed by atoms with Crippen LogP contribution in [0.4, 0.5) is 0 Å². The van der Waals surface area contributed by atoms with Gasteiger partial charge in [0, 0.05) is 5.75 Å². The number of carboxylic acid groups (broad SMARTS) is 1. The Kier molecular flexibility index (Phi) is 13.8. The van der Waals surface area contributed by atoms with Crippen molar-refractivity contribution in [3.05, 3.63) is 0 Å². The van der Waals surface area contributed by atoms with Gasteiger partial charge in [0.05, 0.1) is 12.1 Å². The van der Waals surface area contributed by atoms with E-state index in [0.29, 0.717) is 12.2 Å². The fourth-order valence-corrected chi connectivity index (χ4v) is 3.21. The molecule has 0 aromatic rings. The number of carbonyl (C=O) groups excluding carboxylic acids is 3. The van der Waals surface area contributed by atoms with Crippen LogP contribution in [0.1, 0.15) is 33.6 Å². The quantitative estimate of drug-likeness (QED) is 0.159. The maximum Gasteiger partial charge on any atom is 0.326 e. The van der Waals surface area contributed by atoms with E-state index in [4.69, 9.17) is 5.73 Å². The Balaban J connectivity index is 5.12. The van der Waals surface area contributed by atoms with Crippen LogP contribution in [0.25, 0.3) is 0 Å². The van der Waals surface area contributed by atoms with E-state index in [0.717, 1.165) is 0 Å². The van der Waals surface area contributed by atoms with Gasteiger partial charge in [0.25, 0.3) is 0 Å². The Morgan fingerprint density at radius 3 is 2.00 bits per heavy atom. The molecular formula is C18H34N4O6S2. The Hall–Kier alpha value is -1.50. The Morgan fingerprint density at radius 2 is 1.57 bits per heavy atom. The summed E-state index contributed by atoms with van der Waals surface area (Å²) in [6, 6.07) is -4.45. The van der Waals surface area contributed by atoms with Crippen LogP contribution in [0.15, 0.2) is 0 Å². The molecule has 12 heteroatoms. The Labute approximate surface area is 186 Å². The summed E-state index contributed by atoms with van der Waals surface area (Å²) < 4.78 is 0. The molecule has 174 valence electrons. The first kappa shape index (κ1) is 28.5. The smallest absolute Gasteiger partial charge is 0.326 e. The van der Waals surface area contributed by atoms with Gasteiger partial charge in [-0.3, -0.25) is 14.4 Å². The largest absolute Gasteiger partial charge is 0.480 e. The zero-order valence-electron chi connectivity index (χ0n) is 17.8. The molecule has 7 N–H and O–H groups in total. The highest BCUT2D eigenvalue weighted by atomic mass is 32.2. The van der Waals surface area contributed by atoms with Gasteiger partial charge in [-0.2, -0.15) is 24.4 Å². The fraction of sp³-hybridized carbons (Fsp3) is 0.778. The van der Waals surface area contributed by atoms with Crippen molar-refractivity contribution in [2.75, 3.05) is 17.8 Å². The molecule has 0 heterocycles. The second-order valence-corrected chi connectivity index (χ2v) is 8.74. The molecule has 0 aliphatic rings. The maximum atomic E-state index is 12.5. The van der Waals surface area contributed by atoms with Crippen LogP contribution in [0.2, 0.25) is 0 Å². The first-order valence-electron chi connectivity index (χ1n) is 9.61. The number of nitrogens with one attached hydrogen (secondary N) is 3. The minimum atomic E-state index is -1.41. The van der Waals surface area contributed by atoms with Gasteiger partial charge in [-0.1, -0.05) is 13.8 Å². The van der Waals surface area contributed by atoms with Crippen molar-refractivity contribution in [2.45, 2.75) is 63.9 Å². The number of amides is 3. The molecular weight excluding hydrogens is 432 g/mol. The third kappa shape index (κ3) is 10.5. The standard InChI is InChI=1S/C18H34N4O6S2/c1-9(2)7-12(18(27)28)20-17(26)14(10(3)23)22-16(25)13(8-29)21-15(24)11(19)5-6-30-4/h9-14,23,29H,5-8,19H2,1-4H3,(H,20,26)(H,21,24)(H,22,25)(H,27,28). The van der Waals surface area contributed by atoms with Gasteiger partial charge in [-0.05, 0) is 37.7 Å². The third-order valence-corrected chi connectivity index (χ3v) is 5.18. The van der Waals surface area contributed by atoms with E-state index >= 15 is 0 Å². The molecule has 0 aliphatic carbocycles. The summed E-state index contributed by atoms with van der Waals surface area (Å²) in [5.41, 5.74) is 5.79. The molecule has 0 radical (unpaired) electrons. The number of aliphatic hydroxyl groups excluding tert-OH is 1. The topological polar surface area (TPSA) is 171 Å². The predicted octanol–water partition coefficient (Wildman–Crippen LogP) is -1.04. The molecule has 5 unspecified atom stereocenters. The van der Waals surface area contributed by atoms with E-state index < -0.39 is 54.0 Å². The van der Waals surface area contributed by atoms with Crippen molar-refractivity contribution < 1.29 is 29.4 Å². The summed E-state index contributed by atoms with van der Waals surface area (Å²) in [6.07, 6.45) is 1.19. The Morgan fingerprint density at radius 1 is 1.00 bits per heavy atom. The number of aliphatic hydroxyl groups is 1. The SMILES string of the molecule is CSCCC(N)C(=O)NC(CS)C(=O)NC(C(=O)NC(CC(C)C)C(=O)O)C(C)O. The van der Waals surface area contributed by atoms with E-state index in [-0.39, 0.29) is 18.1 Å². The van der Waals surface area contributed by atoms with Crippen LogP contribution in [-0.2, 0) is 19.2 Å². The van der Waals surface area contributed by atoms with Crippen molar-refractivity contribution in [2.24, 2.45) is 11.7 Å². The summed E-state index contributed by atoms with van der Waals surface area (Å²) in [7, 11) is 0. The molecule has 0 aromatic heterocycles. The van der Waals surface area contributed by atoms with E-state index in [1.165, 1.54) is 18.7 Å². The van der Waals surface area contributed by atoms with Crippen LogP contribution in [0, 0.1) is 5.92 Å². The molecule has 0 aliphatic heterocycles. The molecule has 0 spiro atoms. The van der Waals surface area contributed by atoms with Crippen LogP contribution in [-0.4, -0.2) is 81.9 Å². The molecule has 0 saturated carbocycles. The molecule has 0 fully saturated rings. The summed E-state index contributed by atoms with van der Waals surface area (Å²) >= 11 is 5.59. The first-order chi connectivity index (χ1) is 13.9. The third-order valence-electron chi connectivity index (χ3n) is 4.17. The lowest BCUT2D eigenvalue weighted by molar-refractivity contribution is -0.143. The van der Waals surface area contributed by atoms with Crippen LogP contribution < -0.4 is 21.7 Å². The van der Waals surface area contributed by atoms with E-state index in [2.05, 4.69) is 28.6 Å². The lowest BCUT2D eigenvalue weighted by Crippen LogP contribution is -2.60. The number of thiol groups is 1. The zero-order chi connectivity index (χ0) is 23.4. The second-order valence-electron chi connectivity index (χ2n) is 7.39. The number of nitrogens with two attached hydrogens (primary N) is 1. The summed E-state index contributed by atoms with van der Waals surface area (Å²) in [5.74, 6) is -2.71. The molecule has 30 heavy (non-hydrogen) atoms. The minimum absolute atomic E-state index is 0.00471. The molecule has 0 saturated heterocycles. The number of thioether (sulfide) groups is 1. The normalized spacial score (nSPS) is 16.1. The van der Waals surface area contributed by atoms with Gasteiger partial charge < -0.3 is 31.9 Å². The highest BCUT2D eigenvalue weighted by Gasteiger charge is 2.32. The highest BCUT2D eigenvalue weighted by Crippen LogP contribution is 2.06. The highest BCUT2D eigenvalue weighted by molar-refractivity contribution is 7.98. The number of hydrogen-bond acceptors (Lipinski definition) is 8. The van der Waals surface area contributed by atoms with E-state index in [1.54, 1.807) is 13.8 Å². The van der Waals surface area contributed by atoms with Crippen LogP contribution in [0.3, 0.4) is 0 Å². The number of carbonyl (C=O) groups is 4. The number of hydrogen-bond donors (Lipinski definition) is 7. The van der Waals surface area contributed by atoms with Crippen LogP contribution >= 0.6 is 24.4 Å². The molecule has 0 bridgehead atoms. The first-order valence-corrected chi connectivity index (χ1v) is 11.6. The van der Waals surface area contributed by atoms with Crippen molar-refractivity contribution in [3.8, 4) is 0 Å². The average molecular weight is 467 g/mol. The van der Waals surface area contributed by atoms with Crippen molar-refractivity contribution in [1.82, 2.24) is 16.0 Å². The zero-order valence-corrected chi connectivity index (χ0v) is 19.5. The lowest BCUT2D eigenvalue weighted by Gasteiger charge is -2.26. The van der Waals surface area contributed by atoms with Gasteiger partial charge in [0.1, 0.15) is 18.1 Å². The Bertz CT molecular complexity index is 591. The van der Waals surface area contributed by atoms with Gasteiger partial charge in [0.15, 0.2) is 0 Å². The van der Waals surface area contributed by atoms with Crippen molar-refractivity contribution >= 4 is 48.1 Å². The van der Waals surface area contributed by atoms with Gasteiger partial charge in [-0.15, -0.1) is 0 Å². The van der Waals surface area contributed by atoms with Crippen molar-refractivity contribution in [1.29, 1.82) is 0 Å². The van der Waals surface area contributed by atoms with Gasteiger partial charge in [0.2, 0.25) is 17.7 Å². The fourth-order valence-electron chi connectivity index (χ4n) is 2.46. The second kappa shape index (κ2) is 14.5. The van der Waals surface area contributed by atoms with Crippen LogP contribution in [0.5, 0.6) is 0 Å². The van der Waals surface area contributed by atoms with Gasteiger partial charge in [-0.25, -0.2) is 4.79 Å².